The minimum absolute atomic E-state index is 0.0388. The molecule has 28 heavy (non-hydrogen) atoms. The van der Waals surface area contributed by atoms with Crippen molar-refractivity contribution >= 4 is 17.5 Å². The van der Waals surface area contributed by atoms with E-state index in [1.54, 1.807) is 6.20 Å². The maximum atomic E-state index is 13.4. The number of imidazole rings is 1. The van der Waals surface area contributed by atoms with E-state index < -0.39 is 0 Å². The normalized spacial score (nSPS) is 25.9. The number of pyridine rings is 1. The summed E-state index contributed by atoms with van der Waals surface area (Å²) in [4.78, 5) is 34.8. The molecule has 2 aliphatic heterocycles. The minimum Gasteiger partial charge on any atom is -0.338 e. The van der Waals surface area contributed by atoms with Crippen LogP contribution in [0, 0.1) is 5.92 Å². The summed E-state index contributed by atoms with van der Waals surface area (Å²) in [6.45, 7) is 1.53. The summed E-state index contributed by atoms with van der Waals surface area (Å²) in [5, 5.41) is 0. The van der Waals surface area contributed by atoms with Crippen LogP contribution < -0.4 is 0 Å². The zero-order valence-electron chi connectivity index (χ0n) is 16.3. The Balaban J connectivity index is 1.35. The van der Waals surface area contributed by atoms with Gasteiger partial charge in [-0.2, -0.15) is 0 Å². The highest BCUT2D eigenvalue weighted by atomic mass is 16.2. The van der Waals surface area contributed by atoms with Gasteiger partial charge in [-0.15, -0.1) is 0 Å². The fraction of sp³-hybridized carbons (Fsp3) is 0.591. The van der Waals surface area contributed by atoms with Crippen molar-refractivity contribution in [3.8, 4) is 0 Å². The average Bonchev–Trinajstić information content (AvgIpc) is 3.51. The molecule has 2 saturated heterocycles. The molecular weight excluding hydrogens is 352 g/mol. The summed E-state index contributed by atoms with van der Waals surface area (Å²) in [5.41, 5.74) is 1.45. The number of fused-ring (bicyclic) bond motifs is 1. The Kier molecular flexibility index (Phi) is 4.57. The van der Waals surface area contributed by atoms with Crippen LogP contribution >= 0.6 is 0 Å². The summed E-state index contributed by atoms with van der Waals surface area (Å²) in [5.74, 6) is 0.813. The molecule has 0 bridgehead atoms. The number of carbonyl (C=O) groups excluding carboxylic acids is 2. The van der Waals surface area contributed by atoms with E-state index in [0.29, 0.717) is 24.1 Å². The van der Waals surface area contributed by atoms with Crippen molar-refractivity contribution in [3.05, 3.63) is 36.3 Å². The number of amides is 2. The zero-order valence-corrected chi connectivity index (χ0v) is 16.3. The highest BCUT2D eigenvalue weighted by molar-refractivity contribution is 5.98. The Hall–Kier alpha value is -2.37. The van der Waals surface area contributed by atoms with Crippen molar-refractivity contribution in [2.75, 3.05) is 13.1 Å². The first-order chi connectivity index (χ1) is 13.7. The van der Waals surface area contributed by atoms with Gasteiger partial charge in [0.15, 0.2) is 0 Å². The lowest BCUT2D eigenvalue weighted by Gasteiger charge is -2.34. The van der Waals surface area contributed by atoms with Crippen molar-refractivity contribution in [3.63, 3.8) is 0 Å². The lowest BCUT2D eigenvalue weighted by molar-refractivity contribution is -0.137. The molecule has 0 spiro atoms. The highest BCUT2D eigenvalue weighted by Crippen LogP contribution is 2.36. The fourth-order valence-electron chi connectivity index (χ4n) is 5.57. The first kappa shape index (κ1) is 17.7. The van der Waals surface area contributed by atoms with Crippen molar-refractivity contribution in [2.45, 2.75) is 63.5 Å². The molecule has 1 unspecified atom stereocenters. The van der Waals surface area contributed by atoms with E-state index in [4.69, 9.17) is 0 Å². The van der Waals surface area contributed by atoms with Crippen LogP contribution in [0.5, 0.6) is 0 Å². The van der Waals surface area contributed by atoms with E-state index in [1.165, 1.54) is 25.7 Å². The maximum absolute atomic E-state index is 13.4. The Morgan fingerprint density at radius 1 is 0.929 bits per heavy atom. The first-order valence-electron chi connectivity index (χ1n) is 10.8. The number of likely N-dealkylation sites (tertiary alicyclic amines) is 2. The summed E-state index contributed by atoms with van der Waals surface area (Å²) in [7, 11) is 0. The van der Waals surface area contributed by atoms with Crippen LogP contribution in [0.4, 0.5) is 0 Å². The van der Waals surface area contributed by atoms with Crippen LogP contribution in [0.1, 0.15) is 61.7 Å². The molecule has 6 nitrogen and oxygen atoms in total. The minimum atomic E-state index is -0.298. The molecule has 5 rings (SSSR count). The molecule has 3 fully saturated rings. The van der Waals surface area contributed by atoms with Gasteiger partial charge in [0.1, 0.15) is 11.7 Å². The molecule has 0 radical (unpaired) electrons. The smallest absolute Gasteiger partial charge is 0.256 e. The molecule has 2 aromatic heterocycles. The lowest BCUT2D eigenvalue weighted by Crippen LogP contribution is -2.50. The number of carbonyl (C=O) groups is 2. The highest BCUT2D eigenvalue weighted by Gasteiger charge is 2.42. The van der Waals surface area contributed by atoms with Crippen molar-refractivity contribution in [2.24, 2.45) is 5.92 Å². The van der Waals surface area contributed by atoms with Crippen LogP contribution in [-0.2, 0) is 4.79 Å². The van der Waals surface area contributed by atoms with Crippen LogP contribution in [-0.4, -0.2) is 56.2 Å². The Morgan fingerprint density at radius 3 is 2.57 bits per heavy atom. The number of hydrogen-bond acceptors (Lipinski definition) is 3. The van der Waals surface area contributed by atoms with Gasteiger partial charge in [0.25, 0.3) is 5.91 Å². The number of nitrogens with zero attached hydrogens (tertiary/aromatic N) is 4. The van der Waals surface area contributed by atoms with E-state index in [0.717, 1.165) is 37.9 Å². The van der Waals surface area contributed by atoms with Gasteiger partial charge in [-0.05, 0) is 56.6 Å². The van der Waals surface area contributed by atoms with Crippen molar-refractivity contribution in [1.82, 2.24) is 19.2 Å². The van der Waals surface area contributed by atoms with Gasteiger partial charge in [0.05, 0.1) is 5.56 Å². The monoisotopic (exact) mass is 380 g/mol. The predicted octanol–water partition coefficient (Wildman–Crippen LogP) is 3.12. The first-order valence-corrected chi connectivity index (χ1v) is 10.8. The van der Waals surface area contributed by atoms with E-state index in [9.17, 15) is 9.59 Å². The van der Waals surface area contributed by atoms with Crippen molar-refractivity contribution in [1.29, 1.82) is 0 Å². The van der Waals surface area contributed by atoms with Crippen LogP contribution in [0.15, 0.2) is 30.7 Å². The number of hydrogen-bond donors (Lipinski definition) is 0. The topological polar surface area (TPSA) is 57.9 Å². The molecular formula is C22H28N4O2. The lowest BCUT2D eigenvalue weighted by atomic mass is 9.95. The quantitative estimate of drug-likeness (QED) is 0.822. The van der Waals surface area contributed by atoms with Gasteiger partial charge < -0.3 is 14.2 Å². The Morgan fingerprint density at radius 2 is 1.71 bits per heavy atom. The molecule has 4 heterocycles. The van der Waals surface area contributed by atoms with Gasteiger partial charge in [0.2, 0.25) is 5.91 Å². The third-order valence-electron chi connectivity index (χ3n) is 6.96. The molecule has 1 saturated carbocycles. The third kappa shape index (κ3) is 2.99. The summed E-state index contributed by atoms with van der Waals surface area (Å²) in [6.07, 6.45) is 14.4. The van der Waals surface area contributed by atoms with Gasteiger partial charge in [0, 0.05) is 37.7 Å². The molecule has 2 amide bonds. The summed E-state index contributed by atoms with van der Waals surface area (Å²) < 4.78 is 1.86. The van der Waals surface area contributed by atoms with E-state index in [1.807, 2.05) is 33.8 Å². The van der Waals surface area contributed by atoms with Gasteiger partial charge in [-0.25, -0.2) is 4.98 Å². The Bertz CT molecular complexity index is 886. The van der Waals surface area contributed by atoms with Gasteiger partial charge >= 0.3 is 0 Å². The third-order valence-corrected chi connectivity index (χ3v) is 6.96. The van der Waals surface area contributed by atoms with E-state index >= 15 is 0 Å². The second kappa shape index (κ2) is 7.22. The molecule has 6 heteroatoms. The zero-order chi connectivity index (χ0) is 19.1. The van der Waals surface area contributed by atoms with Crippen LogP contribution in [0.2, 0.25) is 0 Å². The predicted molar refractivity (Wildman–Crippen MR) is 106 cm³/mol. The van der Waals surface area contributed by atoms with Crippen LogP contribution in [0.3, 0.4) is 0 Å². The average molecular weight is 380 g/mol. The number of aromatic nitrogens is 2. The molecule has 0 aromatic carbocycles. The standard InChI is InChI=1S/C22H28N4O2/c27-21(17-9-10-20-23-11-14-24(20)15-17)26-13-4-8-19(26)22(28)25-12-3-7-18(25)16-5-1-2-6-16/h9-11,14-16,18-19H,1-8,12-13H2/t18?,19-/m0/s1. The molecule has 0 N–H and O–H groups in total. The van der Waals surface area contributed by atoms with Gasteiger partial charge in [-0.3, -0.25) is 9.59 Å². The second-order valence-electron chi connectivity index (χ2n) is 8.55. The molecule has 2 aromatic rings. The van der Waals surface area contributed by atoms with E-state index in [-0.39, 0.29) is 17.9 Å². The van der Waals surface area contributed by atoms with E-state index in [2.05, 4.69) is 9.88 Å². The molecule has 2 atom stereocenters. The Labute approximate surface area is 165 Å². The summed E-state index contributed by atoms with van der Waals surface area (Å²) in [6, 6.07) is 3.78. The molecule has 1 aliphatic carbocycles. The second-order valence-corrected chi connectivity index (χ2v) is 8.55. The largest absolute Gasteiger partial charge is 0.338 e. The number of rotatable bonds is 3. The van der Waals surface area contributed by atoms with Crippen molar-refractivity contribution < 1.29 is 9.59 Å². The SMILES string of the molecule is O=C([C@@H]1CCCN1C(=O)c1ccc2nccn2c1)N1CCCC1C1CCCC1. The molecule has 3 aliphatic rings. The summed E-state index contributed by atoms with van der Waals surface area (Å²) >= 11 is 0. The fourth-order valence-corrected chi connectivity index (χ4v) is 5.57. The van der Waals surface area contributed by atoms with Gasteiger partial charge in [-0.1, -0.05) is 12.8 Å². The molecule has 148 valence electrons. The maximum Gasteiger partial charge on any atom is 0.256 e. The van der Waals surface area contributed by atoms with Crippen LogP contribution in [0.25, 0.3) is 5.65 Å².